The summed E-state index contributed by atoms with van der Waals surface area (Å²) in [7, 11) is 1.42. The Bertz CT molecular complexity index is 1350. The summed E-state index contributed by atoms with van der Waals surface area (Å²) in [5.74, 6) is 1.25. The molecule has 0 atom stereocenters. The summed E-state index contributed by atoms with van der Waals surface area (Å²) in [4.78, 5) is 22.5. The zero-order valence-electron chi connectivity index (χ0n) is 18.7. The summed E-state index contributed by atoms with van der Waals surface area (Å²) in [6.07, 6.45) is 1.34. The number of carbonyl (C=O) groups is 1. The van der Waals surface area contributed by atoms with Gasteiger partial charge in [-0.15, -0.1) is 0 Å². The van der Waals surface area contributed by atoms with Crippen LogP contribution in [0.3, 0.4) is 0 Å². The Morgan fingerprint density at radius 2 is 1.77 bits per heavy atom. The third-order valence-electron chi connectivity index (χ3n) is 5.00. The quantitative estimate of drug-likeness (QED) is 0.207. The number of non-ortho nitro benzene ring substituents is 1. The Morgan fingerprint density at radius 1 is 1.03 bits per heavy atom. The van der Waals surface area contributed by atoms with Gasteiger partial charge in [-0.25, -0.2) is 5.43 Å². The molecule has 4 rings (SSSR count). The predicted octanol–water partition coefficient (Wildman–Crippen LogP) is 5.06. The van der Waals surface area contributed by atoms with Crippen LogP contribution < -0.4 is 14.9 Å². The molecule has 176 valence electrons. The van der Waals surface area contributed by atoms with Gasteiger partial charge in [0.1, 0.15) is 23.0 Å². The third-order valence-corrected chi connectivity index (χ3v) is 5.00. The maximum atomic E-state index is 12.0. The van der Waals surface area contributed by atoms with E-state index < -0.39 is 10.8 Å². The first-order valence-electron chi connectivity index (χ1n) is 10.6. The van der Waals surface area contributed by atoms with E-state index in [2.05, 4.69) is 10.5 Å². The largest absolute Gasteiger partial charge is 0.496 e. The van der Waals surface area contributed by atoms with Crippen molar-refractivity contribution in [2.75, 3.05) is 13.7 Å². The summed E-state index contributed by atoms with van der Waals surface area (Å²) in [5, 5.41) is 14.8. The molecule has 4 aromatic rings. The fourth-order valence-corrected chi connectivity index (χ4v) is 3.29. The molecule has 0 aliphatic rings. The van der Waals surface area contributed by atoms with Gasteiger partial charge in [-0.1, -0.05) is 42.5 Å². The second kappa shape index (κ2) is 10.8. The summed E-state index contributed by atoms with van der Waals surface area (Å²) < 4.78 is 16.4. The second-order valence-corrected chi connectivity index (χ2v) is 7.32. The zero-order valence-corrected chi connectivity index (χ0v) is 18.7. The van der Waals surface area contributed by atoms with E-state index in [0.29, 0.717) is 28.6 Å². The molecule has 35 heavy (non-hydrogen) atoms. The van der Waals surface area contributed by atoms with Crippen molar-refractivity contribution in [1.82, 2.24) is 5.43 Å². The average Bonchev–Trinajstić information content (AvgIpc) is 3.36. The van der Waals surface area contributed by atoms with Crippen molar-refractivity contribution in [3.05, 3.63) is 101 Å². The van der Waals surface area contributed by atoms with E-state index in [1.165, 1.54) is 25.5 Å². The van der Waals surface area contributed by atoms with Crippen molar-refractivity contribution < 1.29 is 23.6 Å². The van der Waals surface area contributed by atoms with E-state index in [4.69, 9.17) is 13.9 Å². The fraction of sp³-hybridized carbons (Fsp3) is 0.0769. The Hall–Kier alpha value is -4.92. The smallest absolute Gasteiger partial charge is 0.277 e. The molecule has 3 aromatic carbocycles. The number of nitrogens with zero attached hydrogens (tertiary/aromatic N) is 2. The third kappa shape index (κ3) is 5.91. The SMILES string of the molecule is COc1cc([N+](=O)[O-])ccc1-c1ccc(/C=N/NC(=O)COc2ccc(-c3ccccc3)cc2)o1. The van der Waals surface area contributed by atoms with Crippen LogP contribution in [0.5, 0.6) is 11.5 Å². The summed E-state index contributed by atoms with van der Waals surface area (Å²) in [6.45, 7) is -0.203. The highest BCUT2D eigenvalue weighted by atomic mass is 16.6. The summed E-state index contributed by atoms with van der Waals surface area (Å²) >= 11 is 0. The number of benzene rings is 3. The number of nitro benzene ring substituents is 1. The molecular weight excluding hydrogens is 450 g/mol. The van der Waals surface area contributed by atoms with Crippen LogP contribution in [0.2, 0.25) is 0 Å². The van der Waals surface area contributed by atoms with Crippen LogP contribution >= 0.6 is 0 Å². The van der Waals surface area contributed by atoms with E-state index in [9.17, 15) is 14.9 Å². The van der Waals surface area contributed by atoms with Gasteiger partial charge >= 0.3 is 0 Å². The van der Waals surface area contributed by atoms with Crippen molar-refractivity contribution in [3.8, 4) is 33.9 Å². The highest BCUT2D eigenvalue weighted by Gasteiger charge is 2.15. The van der Waals surface area contributed by atoms with E-state index in [-0.39, 0.29) is 12.3 Å². The van der Waals surface area contributed by atoms with E-state index >= 15 is 0 Å². The minimum absolute atomic E-state index is 0.0870. The van der Waals surface area contributed by atoms with Crippen molar-refractivity contribution in [2.24, 2.45) is 5.10 Å². The number of furan rings is 1. The van der Waals surface area contributed by atoms with Gasteiger partial charge in [0.2, 0.25) is 0 Å². The van der Waals surface area contributed by atoms with E-state index in [0.717, 1.165) is 11.1 Å². The van der Waals surface area contributed by atoms with Gasteiger partial charge in [0.15, 0.2) is 6.61 Å². The first-order chi connectivity index (χ1) is 17.0. The lowest BCUT2D eigenvalue weighted by Crippen LogP contribution is -2.24. The van der Waals surface area contributed by atoms with Crippen molar-refractivity contribution in [3.63, 3.8) is 0 Å². The molecule has 0 unspecified atom stereocenters. The van der Waals surface area contributed by atoms with E-state index in [1.54, 1.807) is 30.3 Å². The molecule has 1 N–H and O–H groups in total. The highest BCUT2D eigenvalue weighted by Crippen LogP contribution is 2.34. The van der Waals surface area contributed by atoms with Crippen LogP contribution in [0.25, 0.3) is 22.5 Å². The lowest BCUT2D eigenvalue weighted by Gasteiger charge is -2.06. The summed E-state index contributed by atoms with van der Waals surface area (Å²) in [6, 6.07) is 25.0. The van der Waals surface area contributed by atoms with Gasteiger partial charge in [0, 0.05) is 6.07 Å². The van der Waals surface area contributed by atoms with Gasteiger partial charge in [-0.05, 0) is 41.5 Å². The lowest BCUT2D eigenvalue weighted by atomic mass is 10.1. The number of methoxy groups -OCH3 is 1. The number of hydrogen-bond acceptors (Lipinski definition) is 7. The fourth-order valence-electron chi connectivity index (χ4n) is 3.29. The number of hydrogen-bond donors (Lipinski definition) is 1. The summed E-state index contributed by atoms with van der Waals surface area (Å²) in [5.41, 5.74) is 4.99. The molecule has 1 heterocycles. The first kappa shape index (κ1) is 23.2. The monoisotopic (exact) mass is 471 g/mol. The van der Waals surface area contributed by atoms with Crippen molar-refractivity contribution in [2.45, 2.75) is 0 Å². The maximum absolute atomic E-state index is 12.0. The Morgan fingerprint density at radius 3 is 2.49 bits per heavy atom. The minimum Gasteiger partial charge on any atom is -0.496 e. The Kier molecular flexibility index (Phi) is 7.17. The van der Waals surface area contributed by atoms with Gasteiger partial charge in [-0.2, -0.15) is 5.10 Å². The molecule has 9 nitrogen and oxygen atoms in total. The second-order valence-electron chi connectivity index (χ2n) is 7.32. The topological polar surface area (TPSA) is 116 Å². The number of rotatable bonds is 9. The van der Waals surface area contributed by atoms with Crippen LogP contribution in [-0.2, 0) is 4.79 Å². The lowest BCUT2D eigenvalue weighted by molar-refractivity contribution is -0.384. The molecule has 0 radical (unpaired) electrons. The molecular formula is C26H21N3O6. The molecule has 1 aromatic heterocycles. The number of ether oxygens (including phenoxy) is 2. The predicted molar refractivity (Wildman–Crippen MR) is 130 cm³/mol. The molecule has 0 aliphatic carbocycles. The molecule has 0 fully saturated rings. The van der Waals surface area contributed by atoms with Gasteiger partial charge in [0.25, 0.3) is 11.6 Å². The van der Waals surface area contributed by atoms with Crippen molar-refractivity contribution >= 4 is 17.8 Å². The highest BCUT2D eigenvalue weighted by molar-refractivity contribution is 5.82. The first-order valence-corrected chi connectivity index (χ1v) is 10.6. The van der Waals surface area contributed by atoms with Gasteiger partial charge in [-0.3, -0.25) is 14.9 Å². The van der Waals surface area contributed by atoms with Gasteiger partial charge in [0.05, 0.1) is 29.9 Å². The molecule has 9 heteroatoms. The molecule has 0 saturated heterocycles. The Labute approximate surface area is 200 Å². The minimum atomic E-state index is -0.501. The standard InChI is InChI=1S/C26H21N3O6/c1-33-25-15-20(29(31)32)9-13-23(25)24-14-12-22(35-24)16-27-28-26(30)17-34-21-10-7-19(8-11-21)18-5-3-2-4-6-18/h2-16H,17H2,1H3,(H,28,30)/b27-16+. The van der Waals surface area contributed by atoms with Crippen LogP contribution in [0, 0.1) is 10.1 Å². The number of amides is 1. The molecule has 1 amide bonds. The normalized spacial score (nSPS) is 10.8. The van der Waals surface area contributed by atoms with Gasteiger partial charge < -0.3 is 13.9 Å². The van der Waals surface area contributed by atoms with E-state index in [1.807, 2.05) is 42.5 Å². The Balaban J connectivity index is 1.30. The molecule has 0 bridgehead atoms. The molecule has 0 spiro atoms. The van der Waals surface area contributed by atoms with Crippen LogP contribution in [0.4, 0.5) is 5.69 Å². The molecule has 0 aliphatic heterocycles. The number of nitro groups is 1. The van der Waals surface area contributed by atoms with Crippen LogP contribution in [0.15, 0.2) is 94.4 Å². The number of carbonyl (C=O) groups excluding carboxylic acids is 1. The average molecular weight is 471 g/mol. The maximum Gasteiger partial charge on any atom is 0.277 e. The number of hydrazone groups is 1. The van der Waals surface area contributed by atoms with Crippen molar-refractivity contribution in [1.29, 1.82) is 0 Å². The van der Waals surface area contributed by atoms with Crippen LogP contribution in [-0.4, -0.2) is 30.8 Å². The number of nitrogens with one attached hydrogen (secondary N) is 1. The van der Waals surface area contributed by atoms with Crippen LogP contribution in [0.1, 0.15) is 5.76 Å². The zero-order chi connectivity index (χ0) is 24.6. The molecule has 0 saturated carbocycles.